The summed E-state index contributed by atoms with van der Waals surface area (Å²) in [6.45, 7) is 10.6. The SMILES string of the molecule is Cc1ccc(C(C)(C)C)cc1Nc1nc(N2CCC(n3ccnc3)CC2)nc2ncccc12. The summed E-state index contributed by atoms with van der Waals surface area (Å²) in [6.07, 6.45) is 9.67. The number of piperidine rings is 1. The van der Waals surface area contributed by atoms with Crippen LogP contribution in [0.2, 0.25) is 0 Å². The summed E-state index contributed by atoms with van der Waals surface area (Å²) in [4.78, 5) is 20.8. The van der Waals surface area contributed by atoms with E-state index in [2.05, 4.69) is 70.6 Å². The van der Waals surface area contributed by atoms with Crippen molar-refractivity contribution in [3.63, 3.8) is 0 Å². The van der Waals surface area contributed by atoms with E-state index < -0.39 is 0 Å². The van der Waals surface area contributed by atoms with Crippen LogP contribution in [0.25, 0.3) is 11.0 Å². The number of pyridine rings is 1. The average molecular weight is 442 g/mol. The molecule has 1 aliphatic rings. The van der Waals surface area contributed by atoms with E-state index in [0.29, 0.717) is 11.7 Å². The van der Waals surface area contributed by atoms with Crippen molar-refractivity contribution in [1.82, 2.24) is 24.5 Å². The monoisotopic (exact) mass is 441 g/mol. The Morgan fingerprint density at radius 3 is 2.58 bits per heavy atom. The van der Waals surface area contributed by atoms with Gasteiger partial charge in [-0.15, -0.1) is 0 Å². The maximum absolute atomic E-state index is 4.99. The summed E-state index contributed by atoms with van der Waals surface area (Å²) >= 11 is 0. The van der Waals surface area contributed by atoms with E-state index in [0.717, 1.165) is 48.8 Å². The molecule has 1 fully saturated rings. The standard InChI is InChI=1S/C26H31N7/c1-18-7-8-19(26(2,3)4)16-22(18)29-24-21-6-5-11-28-23(21)30-25(31-24)32-13-9-20(10-14-32)33-15-12-27-17-33/h5-8,11-12,15-17,20H,9-10,13-14H2,1-4H3,(H,28,29,30,31). The summed E-state index contributed by atoms with van der Waals surface area (Å²) in [6, 6.07) is 11.1. The number of aromatic nitrogens is 5. The fourth-order valence-electron chi connectivity index (χ4n) is 4.39. The van der Waals surface area contributed by atoms with Crippen LogP contribution in [0.5, 0.6) is 0 Å². The molecule has 0 aliphatic carbocycles. The van der Waals surface area contributed by atoms with Crippen LogP contribution in [0.1, 0.15) is 50.8 Å². The van der Waals surface area contributed by atoms with Gasteiger partial charge >= 0.3 is 0 Å². The second-order valence-electron chi connectivity index (χ2n) is 9.88. The lowest BCUT2D eigenvalue weighted by Gasteiger charge is -2.32. The van der Waals surface area contributed by atoms with Gasteiger partial charge < -0.3 is 14.8 Å². The molecular weight excluding hydrogens is 410 g/mol. The van der Waals surface area contributed by atoms with Crippen LogP contribution in [0.4, 0.5) is 17.5 Å². The van der Waals surface area contributed by atoms with Gasteiger partial charge in [-0.05, 0) is 54.5 Å². The maximum Gasteiger partial charge on any atom is 0.229 e. The quantitative estimate of drug-likeness (QED) is 0.456. The number of nitrogens with zero attached hydrogens (tertiary/aromatic N) is 6. The first-order valence-electron chi connectivity index (χ1n) is 11.6. The topological polar surface area (TPSA) is 71.8 Å². The molecule has 170 valence electrons. The molecule has 4 heterocycles. The first-order valence-corrected chi connectivity index (χ1v) is 11.6. The Bertz CT molecular complexity index is 1250. The highest BCUT2D eigenvalue weighted by Gasteiger charge is 2.23. The third kappa shape index (κ3) is 4.40. The van der Waals surface area contributed by atoms with Gasteiger partial charge in [0.05, 0.1) is 11.7 Å². The van der Waals surface area contributed by atoms with Crippen LogP contribution >= 0.6 is 0 Å². The van der Waals surface area contributed by atoms with Gasteiger partial charge in [0.25, 0.3) is 0 Å². The molecule has 3 aromatic heterocycles. The molecule has 7 heteroatoms. The fraction of sp³-hybridized carbons (Fsp3) is 0.385. The second kappa shape index (κ2) is 8.46. The molecule has 0 atom stereocenters. The zero-order valence-corrected chi connectivity index (χ0v) is 19.8. The zero-order valence-electron chi connectivity index (χ0n) is 19.8. The van der Waals surface area contributed by atoms with E-state index in [1.165, 1.54) is 11.1 Å². The molecule has 7 nitrogen and oxygen atoms in total. The van der Waals surface area contributed by atoms with Crippen molar-refractivity contribution < 1.29 is 0 Å². The predicted octanol–water partition coefficient (Wildman–Crippen LogP) is 5.41. The highest BCUT2D eigenvalue weighted by atomic mass is 15.3. The number of hydrogen-bond acceptors (Lipinski definition) is 6. The number of fused-ring (bicyclic) bond motifs is 1. The molecular formula is C26H31N7. The lowest BCUT2D eigenvalue weighted by atomic mass is 9.86. The first-order chi connectivity index (χ1) is 15.9. The molecule has 4 aromatic rings. The third-order valence-corrected chi connectivity index (χ3v) is 6.51. The van der Waals surface area contributed by atoms with Crippen molar-refractivity contribution in [3.05, 3.63) is 66.4 Å². The first kappa shape index (κ1) is 21.4. The number of nitrogens with one attached hydrogen (secondary N) is 1. The van der Waals surface area contributed by atoms with E-state index in [9.17, 15) is 0 Å². The van der Waals surface area contributed by atoms with E-state index in [1.807, 2.05) is 30.9 Å². The normalized spacial score (nSPS) is 15.2. The largest absolute Gasteiger partial charge is 0.341 e. The number of imidazole rings is 1. The summed E-state index contributed by atoms with van der Waals surface area (Å²) in [7, 11) is 0. The third-order valence-electron chi connectivity index (χ3n) is 6.51. The average Bonchev–Trinajstić information content (AvgIpc) is 3.35. The van der Waals surface area contributed by atoms with Crippen molar-refractivity contribution in [2.75, 3.05) is 23.3 Å². The Morgan fingerprint density at radius 1 is 1.03 bits per heavy atom. The van der Waals surface area contributed by atoms with E-state index in [1.54, 1.807) is 6.20 Å². The van der Waals surface area contributed by atoms with Crippen molar-refractivity contribution in [2.45, 2.75) is 52.0 Å². The van der Waals surface area contributed by atoms with Crippen molar-refractivity contribution in [2.24, 2.45) is 0 Å². The van der Waals surface area contributed by atoms with Gasteiger partial charge in [-0.25, -0.2) is 9.97 Å². The molecule has 0 radical (unpaired) electrons. The smallest absolute Gasteiger partial charge is 0.229 e. The van der Waals surface area contributed by atoms with Crippen molar-refractivity contribution >= 4 is 28.5 Å². The Morgan fingerprint density at radius 2 is 1.85 bits per heavy atom. The summed E-state index contributed by atoms with van der Waals surface area (Å²) in [5.41, 5.74) is 4.32. The van der Waals surface area contributed by atoms with Crippen molar-refractivity contribution in [1.29, 1.82) is 0 Å². The molecule has 0 bridgehead atoms. The second-order valence-corrected chi connectivity index (χ2v) is 9.88. The van der Waals surface area contributed by atoms with E-state index in [4.69, 9.17) is 9.97 Å². The highest BCUT2D eigenvalue weighted by Crippen LogP contribution is 2.32. The Kier molecular flexibility index (Phi) is 5.48. The molecule has 0 spiro atoms. The Labute approximate surface area is 194 Å². The minimum Gasteiger partial charge on any atom is -0.341 e. The van der Waals surface area contributed by atoms with Crippen LogP contribution in [0.3, 0.4) is 0 Å². The lowest BCUT2D eigenvalue weighted by Crippen LogP contribution is -2.35. The molecule has 0 saturated carbocycles. The van der Waals surface area contributed by atoms with E-state index in [-0.39, 0.29) is 5.41 Å². The lowest BCUT2D eigenvalue weighted by molar-refractivity contribution is 0.393. The van der Waals surface area contributed by atoms with Gasteiger partial charge in [0.2, 0.25) is 5.95 Å². The zero-order chi connectivity index (χ0) is 23.0. The number of benzene rings is 1. The minimum atomic E-state index is 0.0736. The Hall–Kier alpha value is -3.48. The van der Waals surface area contributed by atoms with Crippen LogP contribution < -0.4 is 10.2 Å². The van der Waals surface area contributed by atoms with Gasteiger partial charge in [0.15, 0.2) is 5.65 Å². The molecule has 1 N–H and O–H groups in total. The van der Waals surface area contributed by atoms with Crippen LogP contribution in [-0.4, -0.2) is 37.6 Å². The molecule has 0 unspecified atom stereocenters. The molecule has 1 aliphatic heterocycles. The summed E-state index contributed by atoms with van der Waals surface area (Å²) < 4.78 is 2.21. The van der Waals surface area contributed by atoms with Crippen LogP contribution in [0, 0.1) is 6.92 Å². The number of anilines is 3. The fourth-order valence-corrected chi connectivity index (χ4v) is 4.39. The van der Waals surface area contributed by atoms with Crippen molar-refractivity contribution in [3.8, 4) is 0 Å². The predicted molar refractivity (Wildman–Crippen MR) is 133 cm³/mol. The molecule has 33 heavy (non-hydrogen) atoms. The Balaban J connectivity index is 1.46. The highest BCUT2D eigenvalue weighted by molar-refractivity contribution is 5.89. The maximum atomic E-state index is 4.99. The van der Waals surface area contributed by atoms with Gasteiger partial charge in [0, 0.05) is 43.4 Å². The number of hydrogen-bond donors (Lipinski definition) is 1. The van der Waals surface area contributed by atoms with Crippen LogP contribution in [-0.2, 0) is 5.41 Å². The molecule has 1 aromatic carbocycles. The van der Waals surface area contributed by atoms with Crippen LogP contribution in [0.15, 0.2) is 55.2 Å². The number of aryl methyl sites for hydroxylation is 1. The molecule has 0 amide bonds. The summed E-state index contributed by atoms with van der Waals surface area (Å²) in [5, 5.41) is 4.53. The van der Waals surface area contributed by atoms with E-state index >= 15 is 0 Å². The van der Waals surface area contributed by atoms with Gasteiger partial charge in [-0.2, -0.15) is 9.97 Å². The minimum absolute atomic E-state index is 0.0736. The summed E-state index contributed by atoms with van der Waals surface area (Å²) in [5.74, 6) is 1.53. The number of rotatable bonds is 4. The molecule has 1 saturated heterocycles. The molecule has 5 rings (SSSR count). The van der Waals surface area contributed by atoms with Gasteiger partial charge in [-0.1, -0.05) is 32.9 Å². The van der Waals surface area contributed by atoms with Gasteiger partial charge in [-0.3, -0.25) is 0 Å². The van der Waals surface area contributed by atoms with Gasteiger partial charge in [0.1, 0.15) is 5.82 Å².